The second-order valence-corrected chi connectivity index (χ2v) is 7.08. The summed E-state index contributed by atoms with van der Waals surface area (Å²) in [4.78, 5) is 2.56. The number of nitrogens with zero attached hydrogens (tertiary/aromatic N) is 1. The van der Waals surface area contributed by atoms with E-state index < -0.39 is 9.84 Å². The fraction of sp³-hybridized carbons (Fsp3) is 0.263. The topological polar surface area (TPSA) is 37.4 Å². The lowest BCUT2D eigenvalue weighted by Crippen LogP contribution is -2.21. The van der Waals surface area contributed by atoms with Crippen molar-refractivity contribution in [3.63, 3.8) is 0 Å². The van der Waals surface area contributed by atoms with Gasteiger partial charge in [-0.3, -0.25) is 0 Å². The van der Waals surface area contributed by atoms with Gasteiger partial charge in [0, 0.05) is 24.3 Å². The highest BCUT2D eigenvalue weighted by molar-refractivity contribution is 7.91. The first-order valence-electron chi connectivity index (χ1n) is 7.68. The van der Waals surface area contributed by atoms with E-state index in [9.17, 15) is 8.42 Å². The molecule has 0 N–H and O–H groups in total. The van der Waals surface area contributed by atoms with E-state index in [0.29, 0.717) is 4.90 Å². The van der Waals surface area contributed by atoms with Crippen LogP contribution in [0.2, 0.25) is 0 Å². The average molecular weight is 327 g/mol. The first kappa shape index (κ1) is 17.1. The van der Waals surface area contributed by atoms with Gasteiger partial charge in [-0.1, -0.05) is 30.0 Å². The van der Waals surface area contributed by atoms with Crippen LogP contribution in [0.25, 0.3) is 0 Å². The largest absolute Gasteiger partial charge is 0.372 e. The van der Waals surface area contributed by atoms with Crippen molar-refractivity contribution in [2.45, 2.75) is 18.7 Å². The van der Waals surface area contributed by atoms with Crippen molar-refractivity contribution >= 4 is 15.5 Å². The summed E-state index contributed by atoms with van der Waals surface area (Å²) >= 11 is 0. The van der Waals surface area contributed by atoms with Crippen LogP contribution in [0.15, 0.2) is 59.5 Å². The van der Waals surface area contributed by atoms with Crippen molar-refractivity contribution in [3.8, 4) is 11.8 Å². The van der Waals surface area contributed by atoms with Gasteiger partial charge in [0.25, 0.3) is 0 Å². The van der Waals surface area contributed by atoms with Gasteiger partial charge in [0.05, 0.1) is 4.90 Å². The lowest BCUT2D eigenvalue weighted by Gasteiger charge is -2.20. The van der Waals surface area contributed by atoms with Crippen LogP contribution in [-0.4, -0.2) is 27.3 Å². The van der Waals surface area contributed by atoms with Crippen molar-refractivity contribution in [3.05, 3.63) is 60.2 Å². The van der Waals surface area contributed by atoms with Crippen LogP contribution in [0.5, 0.6) is 0 Å². The Hall–Kier alpha value is -2.25. The molecule has 2 rings (SSSR count). The number of benzene rings is 2. The van der Waals surface area contributed by atoms with Gasteiger partial charge in [0.2, 0.25) is 0 Å². The molecule has 0 saturated heterocycles. The molecule has 23 heavy (non-hydrogen) atoms. The van der Waals surface area contributed by atoms with Gasteiger partial charge in [-0.15, -0.1) is 0 Å². The Morgan fingerprint density at radius 3 is 2.09 bits per heavy atom. The molecule has 0 aliphatic carbocycles. The quantitative estimate of drug-likeness (QED) is 0.790. The Bertz CT molecular complexity index is 781. The minimum absolute atomic E-state index is 0.172. The summed E-state index contributed by atoms with van der Waals surface area (Å²) in [6.07, 6.45) is 0. The number of hydrogen-bond acceptors (Lipinski definition) is 3. The molecule has 0 bridgehead atoms. The van der Waals surface area contributed by atoms with Crippen molar-refractivity contribution in [1.29, 1.82) is 0 Å². The van der Waals surface area contributed by atoms with Crippen LogP contribution in [0.4, 0.5) is 5.69 Å². The number of anilines is 1. The molecule has 0 aromatic heterocycles. The summed E-state index contributed by atoms with van der Waals surface area (Å²) in [5.41, 5.74) is 1.97. The first-order chi connectivity index (χ1) is 11.1. The molecule has 0 aliphatic rings. The highest BCUT2D eigenvalue weighted by Gasteiger charge is 2.11. The van der Waals surface area contributed by atoms with Gasteiger partial charge < -0.3 is 4.90 Å². The first-order valence-corrected chi connectivity index (χ1v) is 9.33. The monoisotopic (exact) mass is 327 g/mol. The Morgan fingerprint density at radius 1 is 0.913 bits per heavy atom. The minimum atomic E-state index is -3.34. The molecule has 2 aromatic rings. The summed E-state index contributed by atoms with van der Waals surface area (Å²) in [5, 5.41) is 0. The number of hydrogen-bond donors (Lipinski definition) is 0. The van der Waals surface area contributed by atoms with E-state index in [1.165, 1.54) is 0 Å². The van der Waals surface area contributed by atoms with Gasteiger partial charge in [0.1, 0.15) is 5.75 Å². The van der Waals surface area contributed by atoms with Crippen LogP contribution in [-0.2, 0) is 9.84 Å². The van der Waals surface area contributed by atoms with Crippen molar-refractivity contribution in [1.82, 2.24) is 0 Å². The van der Waals surface area contributed by atoms with Crippen molar-refractivity contribution in [2.75, 3.05) is 23.7 Å². The standard InChI is InChI=1S/C19H21NO2S/c1-3-20(4-2)18-14-12-17(13-15-18)9-8-16-23(21,22)19-10-6-5-7-11-19/h5-7,10-15H,3-4,16H2,1-2H3. The predicted molar refractivity (Wildman–Crippen MR) is 95.4 cm³/mol. The average Bonchev–Trinajstić information content (AvgIpc) is 2.58. The van der Waals surface area contributed by atoms with Crippen molar-refractivity contribution in [2.24, 2.45) is 0 Å². The molecule has 0 amide bonds. The third-order valence-electron chi connectivity index (χ3n) is 3.59. The molecule has 0 radical (unpaired) electrons. The zero-order chi connectivity index (χ0) is 16.7. The molecule has 0 spiro atoms. The maximum Gasteiger partial charge on any atom is 0.189 e. The van der Waals surface area contributed by atoms with E-state index in [1.54, 1.807) is 30.3 Å². The van der Waals surface area contributed by atoms with E-state index in [4.69, 9.17) is 0 Å². The van der Waals surface area contributed by atoms with Gasteiger partial charge >= 0.3 is 0 Å². The molecule has 120 valence electrons. The molecule has 0 atom stereocenters. The highest BCUT2D eigenvalue weighted by atomic mass is 32.2. The van der Waals surface area contributed by atoms with Gasteiger partial charge in [-0.05, 0) is 50.2 Å². The van der Waals surface area contributed by atoms with E-state index in [-0.39, 0.29) is 5.75 Å². The van der Waals surface area contributed by atoms with Gasteiger partial charge in [-0.2, -0.15) is 0 Å². The molecule has 0 aliphatic heterocycles. The summed E-state index contributed by atoms with van der Waals surface area (Å²) < 4.78 is 24.3. The van der Waals surface area contributed by atoms with Crippen LogP contribution in [0.1, 0.15) is 19.4 Å². The van der Waals surface area contributed by atoms with Gasteiger partial charge in [0.15, 0.2) is 9.84 Å². The molecular weight excluding hydrogens is 306 g/mol. The van der Waals surface area contributed by atoms with Crippen LogP contribution in [0, 0.1) is 11.8 Å². The maximum absolute atomic E-state index is 12.1. The normalized spacial score (nSPS) is 10.7. The lowest BCUT2D eigenvalue weighted by atomic mass is 10.2. The Morgan fingerprint density at radius 2 is 1.52 bits per heavy atom. The predicted octanol–water partition coefficient (Wildman–Crippen LogP) is 3.36. The smallest absolute Gasteiger partial charge is 0.189 e. The summed E-state index contributed by atoms with van der Waals surface area (Å²) in [6.45, 7) is 6.14. The second kappa shape index (κ2) is 7.85. The van der Waals surface area contributed by atoms with Gasteiger partial charge in [-0.25, -0.2) is 8.42 Å². The molecular formula is C19H21NO2S. The van der Waals surface area contributed by atoms with E-state index >= 15 is 0 Å². The van der Waals surface area contributed by atoms with E-state index in [0.717, 1.165) is 24.3 Å². The van der Waals surface area contributed by atoms with E-state index in [2.05, 4.69) is 30.6 Å². The highest BCUT2D eigenvalue weighted by Crippen LogP contribution is 2.14. The van der Waals surface area contributed by atoms with Crippen LogP contribution < -0.4 is 4.90 Å². The van der Waals surface area contributed by atoms with Crippen LogP contribution in [0.3, 0.4) is 0 Å². The molecule has 0 fully saturated rings. The molecule has 0 saturated carbocycles. The summed E-state index contributed by atoms with van der Waals surface area (Å²) in [6, 6.07) is 16.3. The molecule has 0 unspecified atom stereocenters. The molecule has 2 aromatic carbocycles. The summed E-state index contributed by atoms with van der Waals surface area (Å²) in [5.74, 6) is 5.52. The Kier molecular flexibility index (Phi) is 5.84. The second-order valence-electron chi connectivity index (χ2n) is 5.09. The fourth-order valence-electron chi connectivity index (χ4n) is 2.29. The lowest BCUT2D eigenvalue weighted by molar-refractivity contribution is 0.599. The third-order valence-corrected chi connectivity index (χ3v) is 5.11. The van der Waals surface area contributed by atoms with Crippen LogP contribution >= 0.6 is 0 Å². The Labute approximate surface area is 138 Å². The zero-order valence-electron chi connectivity index (χ0n) is 13.5. The minimum Gasteiger partial charge on any atom is -0.372 e. The third kappa shape index (κ3) is 4.61. The molecule has 3 nitrogen and oxygen atoms in total. The van der Waals surface area contributed by atoms with Crippen molar-refractivity contribution < 1.29 is 8.42 Å². The SMILES string of the molecule is CCN(CC)c1ccc(C#CCS(=O)(=O)c2ccccc2)cc1. The Balaban J connectivity index is 2.08. The number of rotatable bonds is 5. The van der Waals surface area contributed by atoms with E-state index in [1.807, 2.05) is 24.3 Å². The maximum atomic E-state index is 12.1. The summed E-state index contributed by atoms with van der Waals surface area (Å²) in [7, 11) is -3.34. The zero-order valence-corrected chi connectivity index (χ0v) is 14.3. The fourth-order valence-corrected chi connectivity index (χ4v) is 3.29. The number of sulfone groups is 1. The molecule has 0 heterocycles. The molecule has 4 heteroatoms.